The molecule has 3 aromatic rings. The summed E-state index contributed by atoms with van der Waals surface area (Å²) in [5, 5.41) is 17.1. The predicted molar refractivity (Wildman–Crippen MR) is 117 cm³/mol. The first-order valence-corrected chi connectivity index (χ1v) is 10.5. The highest BCUT2D eigenvalue weighted by molar-refractivity contribution is 7.87. The average Bonchev–Trinajstić information content (AvgIpc) is 2.75. The molecule has 0 aliphatic carbocycles. The van der Waals surface area contributed by atoms with Crippen molar-refractivity contribution in [1.82, 2.24) is 4.98 Å². The van der Waals surface area contributed by atoms with Gasteiger partial charge in [-0.2, -0.15) is 13.5 Å². The zero-order valence-electron chi connectivity index (χ0n) is 16.6. The van der Waals surface area contributed by atoms with Gasteiger partial charge in [0.25, 0.3) is 5.69 Å². The highest BCUT2D eigenvalue weighted by Gasteiger charge is 2.16. The molecule has 0 saturated carbocycles. The van der Waals surface area contributed by atoms with E-state index in [0.717, 1.165) is 6.20 Å². The maximum atomic E-state index is 12.4. The highest BCUT2D eigenvalue weighted by Crippen LogP contribution is 2.20. The van der Waals surface area contributed by atoms with Crippen LogP contribution in [0.15, 0.2) is 76.9 Å². The number of hydrogen-bond donors (Lipinski definition) is 2. The maximum absolute atomic E-state index is 12.4. The number of pyridine rings is 1. The minimum Gasteiger partial charge on any atom is -0.379 e. The molecule has 164 valence electrons. The quantitative estimate of drug-likeness (QED) is 0.227. The molecule has 3 rings (SSSR count). The fourth-order valence-electron chi connectivity index (χ4n) is 2.43. The van der Waals surface area contributed by atoms with Gasteiger partial charge in [-0.25, -0.2) is 4.98 Å². The third kappa shape index (κ3) is 6.09. The topological polar surface area (TPSA) is 153 Å². The Bertz CT molecular complexity index is 1240. The van der Waals surface area contributed by atoms with Gasteiger partial charge in [0.15, 0.2) is 0 Å². The molecule has 12 heteroatoms. The summed E-state index contributed by atoms with van der Waals surface area (Å²) in [4.78, 5) is 24.9. The van der Waals surface area contributed by atoms with Crippen LogP contribution in [0.5, 0.6) is 5.75 Å². The third-order valence-corrected chi connectivity index (χ3v) is 5.16. The number of aromatic nitrogens is 1. The first kappa shape index (κ1) is 22.4. The molecule has 32 heavy (non-hydrogen) atoms. The molecule has 1 heterocycles. The van der Waals surface area contributed by atoms with Gasteiger partial charge in [-0.05, 0) is 60.2 Å². The van der Waals surface area contributed by atoms with Crippen molar-refractivity contribution < 1.29 is 22.3 Å². The second-order valence-electron chi connectivity index (χ2n) is 6.34. The van der Waals surface area contributed by atoms with Crippen LogP contribution in [0.2, 0.25) is 0 Å². The Labute approximate surface area is 183 Å². The van der Waals surface area contributed by atoms with Crippen LogP contribution in [0.4, 0.5) is 17.2 Å². The SMILES string of the molecule is CC(=O)Nc1ccc(S(=O)(=O)Oc2ccc(/C=N\Nc3ccc([N+](=O)[O-])cn3)cc2)cc1. The molecule has 0 fully saturated rings. The fraction of sp³-hybridized carbons (Fsp3) is 0.0500. The van der Waals surface area contributed by atoms with Gasteiger partial charge in [-0.3, -0.25) is 20.3 Å². The Morgan fingerprint density at radius 3 is 2.34 bits per heavy atom. The van der Waals surface area contributed by atoms with Gasteiger partial charge in [0.1, 0.15) is 22.7 Å². The normalized spacial score (nSPS) is 11.2. The van der Waals surface area contributed by atoms with Crippen molar-refractivity contribution >= 4 is 39.4 Å². The molecule has 0 unspecified atom stereocenters. The molecule has 0 radical (unpaired) electrons. The summed E-state index contributed by atoms with van der Waals surface area (Å²) >= 11 is 0. The molecule has 2 N–H and O–H groups in total. The lowest BCUT2D eigenvalue weighted by atomic mass is 10.2. The summed E-state index contributed by atoms with van der Waals surface area (Å²) in [7, 11) is -4.05. The number of nitro groups is 1. The van der Waals surface area contributed by atoms with E-state index in [1.807, 2.05) is 0 Å². The van der Waals surface area contributed by atoms with E-state index in [-0.39, 0.29) is 22.2 Å². The monoisotopic (exact) mass is 455 g/mol. The molecule has 11 nitrogen and oxygen atoms in total. The van der Waals surface area contributed by atoms with Crippen LogP contribution in [-0.4, -0.2) is 30.4 Å². The molecule has 0 aliphatic heterocycles. The Kier molecular flexibility index (Phi) is 6.75. The number of hydrazone groups is 1. The van der Waals surface area contributed by atoms with E-state index in [9.17, 15) is 23.3 Å². The molecular weight excluding hydrogens is 438 g/mol. The highest BCUT2D eigenvalue weighted by atomic mass is 32.2. The van der Waals surface area contributed by atoms with Gasteiger partial charge in [-0.15, -0.1) is 0 Å². The van der Waals surface area contributed by atoms with E-state index in [1.165, 1.54) is 61.7 Å². The lowest BCUT2D eigenvalue weighted by molar-refractivity contribution is -0.385. The zero-order chi connectivity index (χ0) is 23.1. The molecule has 0 atom stereocenters. The van der Waals surface area contributed by atoms with Crippen LogP contribution in [-0.2, 0) is 14.9 Å². The minimum atomic E-state index is -4.05. The standard InChI is InChI=1S/C20H17N5O6S/c1-14(26)23-16-4-9-19(10-5-16)32(29,30)31-18-7-2-15(3-8-18)12-22-24-20-11-6-17(13-21-20)25(27)28/h2-13H,1H3,(H,21,24)(H,23,26)/b22-12-. The van der Waals surface area contributed by atoms with E-state index in [0.29, 0.717) is 17.1 Å². The summed E-state index contributed by atoms with van der Waals surface area (Å²) in [6.07, 6.45) is 2.57. The summed E-state index contributed by atoms with van der Waals surface area (Å²) in [5.41, 5.74) is 3.61. The van der Waals surface area contributed by atoms with Gasteiger partial charge < -0.3 is 9.50 Å². The Balaban J connectivity index is 1.60. The summed E-state index contributed by atoms with van der Waals surface area (Å²) in [6, 6.07) is 14.4. The first-order valence-electron chi connectivity index (χ1n) is 9.05. The molecule has 0 spiro atoms. The van der Waals surface area contributed by atoms with Crippen LogP contribution in [0, 0.1) is 10.1 Å². The largest absolute Gasteiger partial charge is 0.379 e. The number of nitrogens with zero attached hydrogens (tertiary/aromatic N) is 3. The number of amides is 1. The molecule has 2 aromatic carbocycles. The molecule has 0 bridgehead atoms. The molecule has 1 aromatic heterocycles. The first-order chi connectivity index (χ1) is 15.2. The average molecular weight is 455 g/mol. The summed E-state index contributed by atoms with van der Waals surface area (Å²) in [6.45, 7) is 1.35. The number of anilines is 2. The second kappa shape index (κ2) is 9.66. The van der Waals surface area contributed by atoms with Crippen LogP contribution in [0.25, 0.3) is 0 Å². The summed E-state index contributed by atoms with van der Waals surface area (Å²) in [5.74, 6) is 0.167. The predicted octanol–water partition coefficient (Wildman–Crippen LogP) is 3.16. The van der Waals surface area contributed by atoms with Crippen molar-refractivity contribution in [3.8, 4) is 5.75 Å². The second-order valence-corrected chi connectivity index (χ2v) is 7.89. The Morgan fingerprint density at radius 2 is 1.78 bits per heavy atom. The van der Waals surface area contributed by atoms with Crippen LogP contribution in [0.3, 0.4) is 0 Å². The van der Waals surface area contributed by atoms with E-state index in [1.54, 1.807) is 12.1 Å². The van der Waals surface area contributed by atoms with E-state index in [4.69, 9.17) is 4.18 Å². The van der Waals surface area contributed by atoms with Gasteiger partial charge in [-0.1, -0.05) is 0 Å². The number of rotatable bonds is 8. The van der Waals surface area contributed by atoms with Crippen molar-refractivity contribution in [2.75, 3.05) is 10.7 Å². The number of carbonyl (C=O) groups is 1. The molecule has 0 aliphatic rings. The molecule has 1 amide bonds. The third-order valence-electron chi connectivity index (χ3n) is 3.90. The molecule has 0 saturated heterocycles. The minimum absolute atomic E-state index is 0.0583. The summed E-state index contributed by atoms with van der Waals surface area (Å²) < 4.78 is 30.0. The van der Waals surface area contributed by atoms with E-state index in [2.05, 4.69) is 20.8 Å². The van der Waals surface area contributed by atoms with Crippen LogP contribution < -0.4 is 14.9 Å². The van der Waals surface area contributed by atoms with Crippen molar-refractivity contribution in [1.29, 1.82) is 0 Å². The van der Waals surface area contributed by atoms with Gasteiger partial charge in [0, 0.05) is 18.7 Å². The van der Waals surface area contributed by atoms with Gasteiger partial charge >= 0.3 is 10.1 Å². The van der Waals surface area contributed by atoms with Crippen LogP contribution >= 0.6 is 0 Å². The van der Waals surface area contributed by atoms with Crippen molar-refractivity contribution in [2.24, 2.45) is 5.10 Å². The fourth-order valence-corrected chi connectivity index (χ4v) is 3.36. The Hall–Kier alpha value is -4.32. The lowest BCUT2D eigenvalue weighted by Crippen LogP contribution is -2.10. The lowest BCUT2D eigenvalue weighted by Gasteiger charge is -2.08. The van der Waals surface area contributed by atoms with E-state index < -0.39 is 15.0 Å². The molecular formula is C20H17N5O6S. The van der Waals surface area contributed by atoms with Crippen LogP contribution in [0.1, 0.15) is 12.5 Å². The Morgan fingerprint density at radius 1 is 1.09 bits per heavy atom. The maximum Gasteiger partial charge on any atom is 0.339 e. The number of nitrogens with one attached hydrogen (secondary N) is 2. The zero-order valence-corrected chi connectivity index (χ0v) is 17.4. The van der Waals surface area contributed by atoms with Crippen molar-refractivity contribution in [3.05, 3.63) is 82.5 Å². The van der Waals surface area contributed by atoms with Gasteiger partial charge in [0.05, 0.1) is 11.1 Å². The smallest absolute Gasteiger partial charge is 0.339 e. The number of hydrogen-bond acceptors (Lipinski definition) is 9. The van der Waals surface area contributed by atoms with Gasteiger partial charge in [0.2, 0.25) is 5.91 Å². The van der Waals surface area contributed by atoms with Crippen molar-refractivity contribution in [2.45, 2.75) is 11.8 Å². The van der Waals surface area contributed by atoms with E-state index >= 15 is 0 Å². The number of carbonyl (C=O) groups excluding carboxylic acids is 1. The van der Waals surface area contributed by atoms with Crippen molar-refractivity contribution in [3.63, 3.8) is 0 Å². The number of benzene rings is 2.